The summed E-state index contributed by atoms with van der Waals surface area (Å²) in [6, 6.07) is 10.1. The zero-order chi connectivity index (χ0) is 13.0. The van der Waals surface area contributed by atoms with E-state index in [9.17, 15) is 0 Å². The molecule has 0 unspecified atom stereocenters. The second-order valence-electron chi connectivity index (χ2n) is 4.43. The van der Waals surface area contributed by atoms with Crippen molar-refractivity contribution in [3.63, 3.8) is 0 Å². The average molecular weight is 245 g/mol. The van der Waals surface area contributed by atoms with Crippen molar-refractivity contribution in [1.82, 2.24) is 5.32 Å². The minimum absolute atomic E-state index is 0.466. The molecule has 0 aliphatic carbocycles. The number of nitrogens with one attached hydrogen (secondary N) is 1. The second-order valence-corrected chi connectivity index (χ2v) is 4.43. The summed E-state index contributed by atoms with van der Waals surface area (Å²) >= 11 is 0. The molecule has 3 nitrogen and oxygen atoms in total. The van der Waals surface area contributed by atoms with Gasteiger partial charge in [-0.25, -0.2) is 0 Å². The molecular weight excluding hydrogens is 226 g/mol. The van der Waals surface area contributed by atoms with Gasteiger partial charge in [0.1, 0.15) is 23.9 Å². The standard InChI is InChI=1S/C15H19NO2/c1-11-5-4-6-14(7-11)17-10-15-8-13(9-16-3)12(2)18-15/h4-8,16H,9-10H2,1-3H3. The van der Waals surface area contributed by atoms with E-state index in [1.54, 1.807) is 0 Å². The average Bonchev–Trinajstić information content (AvgIpc) is 2.69. The van der Waals surface area contributed by atoms with Gasteiger partial charge in [-0.1, -0.05) is 12.1 Å². The van der Waals surface area contributed by atoms with E-state index in [0.717, 1.165) is 23.8 Å². The number of benzene rings is 1. The predicted octanol–water partition coefficient (Wildman–Crippen LogP) is 3.19. The highest BCUT2D eigenvalue weighted by Crippen LogP contribution is 2.18. The molecule has 0 aliphatic rings. The van der Waals surface area contributed by atoms with Crippen LogP contribution < -0.4 is 10.1 Å². The quantitative estimate of drug-likeness (QED) is 0.878. The van der Waals surface area contributed by atoms with E-state index in [1.165, 1.54) is 11.1 Å². The normalized spacial score (nSPS) is 10.6. The summed E-state index contributed by atoms with van der Waals surface area (Å²) in [5, 5.41) is 3.12. The summed E-state index contributed by atoms with van der Waals surface area (Å²) < 4.78 is 11.4. The molecule has 0 radical (unpaired) electrons. The summed E-state index contributed by atoms with van der Waals surface area (Å²) in [5.41, 5.74) is 2.37. The predicted molar refractivity (Wildman–Crippen MR) is 71.7 cm³/mol. The molecule has 1 heterocycles. The first kappa shape index (κ1) is 12.7. The molecule has 96 valence electrons. The molecule has 0 saturated carbocycles. The maximum absolute atomic E-state index is 5.71. The minimum atomic E-state index is 0.466. The first-order valence-electron chi connectivity index (χ1n) is 6.11. The molecule has 3 heteroatoms. The molecule has 18 heavy (non-hydrogen) atoms. The van der Waals surface area contributed by atoms with Crippen molar-refractivity contribution < 1.29 is 9.15 Å². The van der Waals surface area contributed by atoms with Crippen LogP contribution in [0.5, 0.6) is 5.75 Å². The van der Waals surface area contributed by atoms with E-state index in [0.29, 0.717) is 6.61 Å². The van der Waals surface area contributed by atoms with Crippen LogP contribution in [-0.4, -0.2) is 7.05 Å². The molecule has 2 rings (SSSR count). The van der Waals surface area contributed by atoms with Crippen LogP contribution in [-0.2, 0) is 13.2 Å². The van der Waals surface area contributed by atoms with Gasteiger partial charge in [0.15, 0.2) is 0 Å². The van der Waals surface area contributed by atoms with Crippen LogP contribution >= 0.6 is 0 Å². The zero-order valence-electron chi connectivity index (χ0n) is 11.1. The fraction of sp³-hybridized carbons (Fsp3) is 0.333. The topological polar surface area (TPSA) is 34.4 Å². The molecule has 1 aromatic heterocycles. The van der Waals surface area contributed by atoms with E-state index in [1.807, 2.05) is 38.2 Å². The maximum atomic E-state index is 5.71. The van der Waals surface area contributed by atoms with Gasteiger partial charge in [-0.05, 0) is 44.7 Å². The molecule has 1 aromatic carbocycles. The lowest BCUT2D eigenvalue weighted by molar-refractivity contribution is 0.267. The van der Waals surface area contributed by atoms with Crippen LogP contribution in [0.1, 0.15) is 22.6 Å². The second kappa shape index (κ2) is 5.74. The number of rotatable bonds is 5. The lowest BCUT2D eigenvalue weighted by atomic mass is 10.2. The summed E-state index contributed by atoms with van der Waals surface area (Å²) in [5.74, 6) is 2.69. The highest BCUT2D eigenvalue weighted by molar-refractivity contribution is 5.28. The van der Waals surface area contributed by atoms with Gasteiger partial charge in [0, 0.05) is 12.1 Å². The molecule has 0 fully saturated rings. The molecule has 2 aromatic rings. The largest absolute Gasteiger partial charge is 0.486 e. The van der Waals surface area contributed by atoms with Crippen LogP contribution in [0, 0.1) is 13.8 Å². The van der Waals surface area contributed by atoms with Crippen molar-refractivity contribution in [2.45, 2.75) is 27.0 Å². The Morgan fingerprint density at radius 2 is 2.06 bits per heavy atom. The summed E-state index contributed by atoms with van der Waals surface area (Å²) in [6.45, 7) is 5.31. The Balaban J connectivity index is 2.00. The molecule has 0 spiro atoms. The fourth-order valence-corrected chi connectivity index (χ4v) is 1.88. The van der Waals surface area contributed by atoms with Gasteiger partial charge in [-0.15, -0.1) is 0 Å². The highest BCUT2D eigenvalue weighted by atomic mass is 16.5. The third-order valence-electron chi connectivity index (χ3n) is 2.81. The lowest BCUT2D eigenvalue weighted by Gasteiger charge is -2.04. The Labute approximate surface area is 108 Å². The van der Waals surface area contributed by atoms with Gasteiger partial charge in [-0.3, -0.25) is 0 Å². The summed E-state index contributed by atoms with van der Waals surface area (Å²) in [6.07, 6.45) is 0. The maximum Gasteiger partial charge on any atom is 0.146 e. The van der Waals surface area contributed by atoms with E-state index in [-0.39, 0.29) is 0 Å². The number of aryl methyl sites for hydroxylation is 2. The minimum Gasteiger partial charge on any atom is -0.486 e. The van der Waals surface area contributed by atoms with E-state index < -0.39 is 0 Å². The molecule has 0 amide bonds. The molecular formula is C15H19NO2. The highest BCUT2D eigenvalue weighted by Gasteiger charge is 2.07. The molecule has 0 atom stereocenters. The smallest absolute Gasteiger partial charge is 0.146 e. The Bertz CT molecular complexity index is 517. The van der Waals surface area contributed by atoms with Crippen molar-refractivity contribution in [3.05, 3.63) is 53.0 Å². The van der Waals surface area contributed by atoms with Gasteiger partial charge in [0.2, 0.25) is 0 Å². The van der Waals surface area contributed by atoms with Crippen molar-refractivity contribution in [3.8, 4) is 5.75 Å². The molecule has 0 saturated heterocycles. The Hall–Kier alpha value is -1.74. The van der Waals surface area contributed by atoms with Gasteiger partial charge in [0.05, 0.1) is 0 Å². The molecule has 0 aliphatic heterocycles. The third kappa shape index (κ3) is 3.14. The van der Waals surface area contributed by atoms with Crippen molar-refractivity contribution in [2.75, 3.05) is 7.05 Å². The van der Waals surface area contributed by atoms with Gasteiger partial charge in [-0.2, -0.15) is 0 Å². The van der Waals surface area contributed by atoms with Crippen LogP contribution in [0.3, 0.4) is 0 Å². The Kier molecular flexibility index (Phi) is 4.05. The van der Waals surface area contributed by atoms with Gasteiger partial charge < -0.3 is 14.5 Å². The Morgan fingerprint density at radius 1 is 1.22 bits per heavy atom. The molecule has 1 N–H and O–H groups in total. The van der Waals surface area contributed by atoms with Crippen molar-refractivity contribution in [1.29, 1.82) is 0 Å². The lowest BCUT2D eigenvalue weighted by Crippen LogP contribution is -2.04. The summed E-state index contributed by atoms with van der Waals surface area (Å²) in [7, 11) is 1.93. The van der Waals surface area contributed by atoms with Crippen LogP contribution in [0.4, 0.5) is 0 Å². The van der Waals surface area contributed by atoms with Crippen LogP contribution in [0.2, 0.25) is 0 Å². The summed E-state index contributed by atoms with van der Waals surface area (Å²) in [4.78, 5) is 0. The van der Waals surface area contributed by atoms with Gasteiger partial charge in [0.25, 0.3) is 0 Å². The number of furan rings is 1. The van der Waals surface area contributed by atoms with E-state index >= 15 is 0 Å². The van der Waals surface area contributed by atoms with Crippen LogP contribution in [0.25, 0.3) is 0 Å². The first-order chi connectivity index (χ1) is 8.69. The molecule has 0 bridgehead atoms. The van der Waals surface area contributed by atoms with Crippen LogP contribution in [0.15, 0.2) is 34.7 Å². The fourth-order valence-electron chi connectivity index (χ4n) is 1.88. The number of hydrogen-bond donors (Lipinski definition) is 1. The Morgan fingerprint density at radius 3 is 2.78 bits per heavy atom. The van der Waals surface area contributed by atoms with Crippen molar-refractivity contribution in [2.24, 2.45) is 0 Å². The number of ether oxygens (including phenoxy) is 1. The zero-order valence-corrected chi connectivity index (χ0v) is 11.1. The third-order valence-corrected chi connectivity index (χ3v) is 2.81. The first-order valence-corrected chi connectivity index (χ1v) is 6.11. The van der Waals surface area contributed by atoms with Gasteiger partial charge >= 0.3 is 0 Å². The van der Waals surface area contributed by atoms with E-state index in [2.05, 4.69) is 18.3 Å². The monoisotopic (exact) mass is 245 g/mol. The SMILES string of the molecule is CNCc1cc(COc2cccc(C)c2)oc1C. The van der Waals surface area contributed by atoms with Crippen molar-refractivity contribution >= 4 is 0 Å². The number of hydrogen-bond acceptors (Lipinski definition) is 3. The van der Waals surface area contributed by atoms with E-state index in [4.69, 9.17) is 9.15 Å².